The molecule has 2 heterocycles. The van der Waals surface area contributed by atoms with Crippen molar-refractivity contribution in [1.29, 1.82) is 0 Å². The molecule has 0 spiro atoms. The van der Waals surface area contributed by atoms with Crippen LogP contribution in [-0.2, 0) is 9.47 Å². The van der Waals surface area contributed by atoms with Gasteiger partial charge < -0.3 is 20.1 Å². The highest BCUT2D eigenvalue weighted by Gasteiger charge is 2.17. The fourth-order valence-electron chi connectivity index (χ4n) is 3.14. The van der Waals surface area contributed by atoms with Gasteiger partial charge in [-0.25, -0.2) is 0 Å². The molecular weight excluding hydrogens is 334 g/mol. The second-order valence-electron chi connectivity index (χ2n) is 6.63. The number of hydrogen-bond acceptors (Lipinski definition) is 5. The van der Waals surface area contributed by atoms with Crippen LogP contribution in [0.25, 0.3) is 0 Å². The lowest BCUT2D eigenvalue weighted by Gasteiger charge is -2.26. The van der Waals surface area contributed by atoms with Gasteiger partial charge in [0, 0.05) is 50.5 Å². The molecule has 1 aromatic rings. The van der Waals surface area contributed by atoms with Crippen LogP contribution in [0, 0.1) is 0 Å². The lowest BCUT2D eigenvalue weighted by Crippen LogP contribution is -2.41. The average molecular weight is 361 g/mol. The van der Waals surface area contributed by atoms with Crippen LogP contribution in [-0.4, -0.2) is 75.4 Å². The van der Waals surface area contributed by atoms with Crippen molar-refractivity contribution in [2.45, 2.75) is 18.9 Å². The Morgan fingerprint density at radius 2 is 1.65 bits per heavy atom. The minimum absolute atomic E-state index is 0.121. The highest BCUT2D eigenvalue weighted by atomic mass is 16.5. The summed E-state index contributed by atoms with van der Waals surface area (Å²) in [5.74, 6) is -0.260. The van der Waals surface area contributed by atoms with Crippen molar-refractivity contribution in [2.24, 2.45) is 0 Å². The van der Waals surface area contributed by atoms with Crippen LogP contribution in [0.3, 0.4) is 0 Å². The van der Waals surface area contributed by atoms with Gasteiger partial charge in [0.25, 0.3) is 11.8 Å². The summed E-state index contributed by atoms with van der Waals surface area (Å²) in [6.07, 6.45) is 2.16. The molecule has 26 heavy (non-hydrogen) atoms. The van der Waals surface area contributed by atoms with Gasteiger partial charge in [-0.3, -0.25) is 14.5 Å². The van der Waals surface area contributed by atoms with Crippen LogP contribution in [0.15, 0.2) is 24.3 Å². The number of benzene rings is 1. The molecule has 0 radical (unpaired) electrons. The average Bonchev–Trinajstić information content (AvgIpc) is 3.20. The Morgan fingerprint density at radius 1 is 1.00 bits per heavy atom. The molecule has 2 aliphatic heterocycles. The summed E-state index contributed by atoms with van der Waals surface area (Å²) in [4.78, 5) is 26.6. The molecule has 142 valence electrons. The first-order valence-corrected chi connectivity index (χ1v) is 9.30. The molecule has 2 N–H and O–H groups in total. The number of rotatable bonds is 7. The van der Waals surface area contributed by atoms with Crippen molar-refractivity contribution in [3.63, 3.8) is 0 Å². The van der Waals surface area contributed by atoms with E-state index in [9.17, 15) is 9.59 Å². The first-order valence-electron chi connectivity index (χ1n) is 9.30. The fourth-order valence-corrected chi connectivity index (χ4v) is 3.14. The van der Waals surface area contributed by atoms with Gasteiger partial charge >= 0.3 is 0 Å². The summed E-state index contributed by atoms with van der Waals surface area (Å²) >= 11 is 0. The molecule has 2 fully saturated rings. The molecule has 0 aliphatic carbocycles. The van der Waals surface area contributed by atoms with Crippen molar-refractivity contribution < 1.29 is 19.1 Å². The maximum absolute atomic E-state index is 12.2. The Kier molecular flexibility index (Phi) is 6.99. The van der Waals surface area contributed by atoms with E-state index in [1.54, 1.807) is 24.3 Å². The molecule has 3 rings (SSSR count). The molecular formula is C19H27N3O4. The summed E-state index contributed by atoms with van der Waals surface area (Å²) in [5, 5.41) is 5.80. The number of nitrogens with one attached hydrogen (secondary N) is 2. The van der Waals surface area contributed by atoms with Crippen molar-refractivity contribution in [3.05, 3.63) is 35.4 Å². The second-order valence-corrected chi connectivity index (χ2v) is 6.63. The predicted molar refractivity (Wildman–Crippen MR) is 97.3 cm³/mol. The zero-order valence-electron chi connectivity index (χ0n) is 15.0. The molecule has 1 unspecified atom stereocenters. The Labute approximate surface area is 154 Å². The van der Waals surface area contributed by atoms with Crippen LogP contribution < -0.4 is 10.6 Å². The predicted octanol–water partition coefficient (Wildman–Crippen LogP) is 0.657. The number of carbonyl (C=O) groups excluding carboxylic acids is 2. The lowest BCUT2D eigenvalue weighted by atomic mass is 10.1. The topological polar surface area (TPSA) is 79.9 Å². The molecule has 2 saturated heterocycles. The van der Waals surface area contributed by atoms with Gasteiger partial charge in [-0.05, 0) is 37.1 Å². The third kappa shape index (κ3) is 5.52. The van der Waals surface area contributed by atoms with E-state index >= 15 is 0 Å². The summed E-state index contributed by atoms with van der Waals surface area (Å²) in [7, 11) is 0. The summed E-state index contributed by atoms with van der Waals surface area (Å²) in [6, 6.07) is 6.74. The molecule has 0 saturated carbocycles. The highest BCUT2D eigenvalue weighted by molar-refractivity contribution is 5.97. The zero-order chi connectivity index (χ0) is 18.2. The Morgan fingerprint density at radius 3 is 2.27 bits per heavy atom. The van der Waals surface area contributed by atoms with Crippen molar-refractivity contribution in [1.82, 2.24) is 15.5 Å². The summed E-state index contributed by atoms with van der Waals surface area (Å²) in [6.45, 7) is 6.05. The molecule has 1 aromatic carbocycles. The Balaban J connectivity index is 1.40. The zero-order valence-corrected chi connectivity index (χ0v) is 15.0. The summed E-state index contributed by atoms with van der Waals surface area (Å²) in [5.41, 5.74) is 1.11. The van der Waals surface area contributed by atoms with Gasteiger partial charge in [0.05, 0.1) is 19.3 Å². The van der Waals surface area contributed by atoms with Gasteiger partial charge in [-0.1, -0.05) is 0 Å². The Hall–Kier alpha value is -1.96. The third-order valence-corrected chi connectivity index (χ3v) is 4.74. The molecule has 1 atom stereocenters. The van der Waals surface area contributed by atoms with E-state index in [1.807, 2.05) is 0 Å². The number of ether oxygens (including phenoxy) is 2. The standard InChI is InChI=1S/C19H27N3O4/c23-18(20-7-8-22-9-12-25-13-10-22)15-3-5-16(6-4-15)19(24)21-14-17-2-1-11-26-17/h3-6,17H,1-2,7-14H2,(H,20,23)(H,21,24). The quantitative estimate of drug-likeness (QED) is 0.746. The number of carbonyl (C=O) groups is 2. The maximum Gasteiger partial charge on any atom is 0.251 e. The molecule has 2 aliphatic rings. The first-order chi connectivity index (χ1) is 12.7. The smallest absolute Gasteiger partial charge is 0.251 e. The number of morpholine rings is 1. The Bertz CT molecular complexity index is 593. The largest absolute Gasteiger partial charge is 0.379 e. The SMILES string of the molecule is O=C(NCCN1CCOCC1)c1ccc(C(=O)NCC2CCCO2)cc1. The van der Waals surface area contributed by atoms with Gasteiger partial charge in [-0.15, -0.1) is 0 Å². The number of nitrogens with zero attached hydrogens (tertiary/aromatic N) is 1. The van der Waals surface area contributed by atoms with Gasteiger partial charge in [-0.2, -0.15) is 0 Å². The number of hydrogen-bond donors (Lipinski definition) is 2. The monoisotopic (exact) mass is 361 g/mol. The van der Waals surface area contributed by atoms with Gasteiger partial charge in [0.15, 0.2) is 0 Å². The maximum atomic E-state index is 12.2. The summed E-state index contributed by atoms with van der Waals surface area (Å²) < 4.78 is 10.8. The van der Waals surface area contributed by atoms with Crippen LogP contribution >= 0.6 is 0 Å². The third-order valence-electron chi connectivity index (χ3n) is 4.74. The molecule has 2 amide bonds. The molecule has 0 bridgehead atoms. The van der Waals surface area contributed by atoms with Gasteiger partial charge in [0.2, 0.25) is 0 Å². The second kappa shape index (κ2) is 9.66. The molecule has 7 nitrogen and oxygen atoms in total. The van der Waals surface area contributed by atoms with E-state index in [0.717, 1.165) is 52.3 Å². The van der Waals surface area contributed by atoms with Crippen molar-refractivity contribution >= 4 is 11.8 Å². The highest BCUT2D eigenvalue weighted by Crippen LogP contribution is 2.11. The van der Waals surface area contributed by atoms with E-state index in [4.69, 9.17) is 9.47 Å². The van der Waals surface area contributed by atoms with E-state index in [0.29, 0.717) is 24.2 Å². The van der Waals surface area contributed by atoms with E-state index < -0.39 is 0 Å². The van der Waals surface area contributed by atoms with Crippen LogP contribution in [0.2, 0.25) is 0 Å². The van der Waals surface area contributed by atoms with E-state index in [2.05, 4.69) is 15.5 Å². The first kappa shape index (κ1) is 18.8. The van der Waals surface area contributed by atoms with Crippen molar-refractivity contribution in [3.8, 4) is 0 Å². The van der Waals surface area contributed by atoms with Crippen molar-refractivity contribution in [2.75, 3.05) is 52.5 Å². The molecule has 0 aromatic heterocycles. The van der Waals surface area contributed by atoms with Crippen LogP contribution in [0.5, 0.6) is 0 Å². The van der Waals surface area contributed by atoms with E-state index in [1.165, 1.54) is 0 Å². The normalized spacial score (nSPS) is 20.7. The van der Waals surface area contributed by atoms with E-state index in [-0.39, 0.29) is 17.9 Å². The lowest BCUT2D eigenvalue weighted by molar-refractivity contribution is 0.0383. The van der Waals surface area contributed by atoms with Crippen LogP contribution in [0.4, 0.5) is 0 Å². The van der Waals surface area contributed by atoms with Crippen LogP contribution in [0.1, 0.15) is 33.6 Å². The minimum atomic E-state index is -0.139. The fraction of sp³-hybridized carbons (Fsp3) is 0.579. The number of amides is 2. The van der Waals surface area contributed by atoms with Gasteiger partial charge in [0.1, 0.15) is 0 Å². The minimum Gasteiger partial charge on any atom is -0.379 e. The molecule has 7 heteroatoms.